The number of halogens is 2. The van der Waals surface area contributed by atoms with E-state index in [1.165, 1.54) is 41.5 Å². The summed E-state index contributed by atoms with van der Waals surface area (Å²) >= 11 is 12.1. The van der Waals surface area contributed by atoms with Gasteiger partial charge in [0.2, 0.25) is 10.0 Å². The van der Waals surface area contributed by atoms with Crippen LogP contribution in [-0.2, 0) is 10.0 Å². The van der Waals surface area contributed by atoms with Crippen molar-refractivity contribution in [3.63, 3.8) is 0 Å². The highest BCUT2D eigenvalue weighted by atomic mass is 35.5. The summed E-state index contributed by atoms with van der Waals surface area (Å²) in [5, 5.41) is 11.8. The van der Waals surface area contributed by atoms with Gasteiger partial charge < -0.3 is 14.1 Å². The molecule has 0 saturated carbocycles. The number of non-ortho nitro benzene ring substituents is 1. The van der Waals surface area contributed by atoms with Gasteiger partial charge in [-0.15, -0.1) is 0 Å². The van der Waals surface area contributed by atoms with Gasteiger partial charge in [-0.1, -0.05) is 23.2 Å². The lowest BCUT2D eigenvalue weighted by atomic mass is 10.3. The van der Waals surface area contributed by atoms with Gasteiger partial charge in [0.1, 0.15) is 16.4 Å². The van der Waals surface area contributed by atoms with E-state index < -0.39 is 25.5 Å². The minimum Gasteiger partial charge on any atom is -0.459 e. The van der Waals surface area contributed by atoms with Crippen molar-refractivity contribution in [3.8, 4) is 11.5 Å². The van der Waals surface area contributed by atoms with Gasteiger partial charge in [-0.25, -0.2) is 8.42 Å². The zero-order chi connectivity index (χ0) is 24.5. The third-order valence-electron chi connectivity index (χ3n) is 5.13. The number of nitrogens with zero attached hydrogens (tertiary/aromatic N) is 3. The van der Waals surface area contributed by atoms with Crippen LogP contribution in [0.1, 0.15) is 10.6 Å². The molecule has 178 valence electrons. The number of ether oxygens (including phenoxy) is 1. The van der Waals surface area contributed by atoms with E-state index in [0.29, 0.717) is 5.02 Å². The topological polar surface area (TPSA) is 123 Å². The Kier molecular flexibility index (Phi) is 6.80. The molecule has 2 heterocycles. The van der Waals surface area contributed by atoms with Gasteiger partial charge in [-0.2, -0.15) is 4.31 Å². The number of hydrogen-bond donors (Lipinski definition) is 0. The number of carbonyl (C=O) groups excluding carboxylic acids is 1. The quantitative estimate of drug-likeness (QED) is 0.344. The van der Waals surface area contributed by atoms with E-state index in [1.54, 1.807) is 6.07 Å². The fourth-order valence-electron chi connectivity index (χ4n) is 3.40. The van der Waals surface area contributed by atoms with Crippen molar-refractivity contribution < 1.29 is 27.3 Å². The second-order valence-electron chi connectivity index (χ2n) is 7.24. The molecular formula is C21H17Cl2N3O7S. The second kappa shape index (κ2) is 9.63. The summed E-state index contributed by atoms with van der Waals surface area (Å²) in [7, 11) is -4.23. The van der Waals surface area contributed by atoms with E-state index in [4.69, 9.17) is 32.4 Å². The van der Waals surface area contributed by atoms with Crippen LogP contribution < -0.4 is 4.74 Å². The summed E-state index contributed by atoms with van der Waals surface area (Å²) in [4.78, 5) is 24.2. The average molecular weight is 526 g/mol. The maximum Gasteiger partial charge on any atom is 0.289 e. The molecule has 1 fully saturated rings. The summed E-state index contributed by atoms with van der Waals surface area (Å²) in [5.74, 6) is -0.252. The molecule has 1 amide bonds. The number of nitro groups is 1. The zero-order valence-corrected chi connectivity index (χ0v) is 19.7. The molecule has 3 aromatic rings. The molecule has 0 N–H and O–H groups in total. The van der Waals surface area contributed by atoms with Gasteiger partial charge in [-0.05, 0) is 30.3 Å². The predicted octanol–water partition coefficient (Wildman–Crippen LogP) is 4.43. The molecule has 10 nitrogen and oxygen atoms in total. The molecule has 2 aromatic carbocycles. The molecule has 1 aliphatic heterocycles. The summed E-state index contributed by atoms with van der Waals surface area (Å²) < 4.78 is 38.9. The largest absolute Gasteiger partial charge is 0.459 e. The Bertz CT molecular complexity index is 1340. The molecular weight excluding hydrogens is 509 g/mol. The number of carbonyl (C=O) groups is 1. The molecule has 0 spiro atoms. The van der Waals surface area contributed by atoms with E-state index in [9.17, 15) is 23.3 Å². The van der Waals surface area contributed by atoms with Crippen LogP contribution in [0.5, 0.6) is 11.5 Å². The van der Waals surface area contributed by atoms with Crippen molar-refractivity contribution >= 4 is 44.8 Å². The van der Waals surface area contributed by atoms with E-state index in [1.807, 2.05) is 0 Å². The van der Waals surface area contributed by atoms with Crippen LogP contribution in [-0.4, -0.2) is 54.6 Å². The number of piperazine rings is 1. The Balaban J connectivity index is 1.62. The smallest absolute Gasteiger partial charge is 0.289 e. The van der Waals surface area contributed by atoms with Crippen LogP contribution in [0.2, 0.25) is 10.0 Å². The molecule has 0 unspecified atom stereocenters. The van der Waals surface area contributed by atoms with E-state index in [2.05, 4.69) is 0 Å². The fourth-order valence-corrected chi connectivity index (χ4v) is 5.27. The van der Waals surface area contributed by atoms with Gasteiger partial charge in [0.05, 0.1) is 16.2 Å². The van der Waals surface area contributed by atoms with Crippen molar-refractivity contribution in [3.05, 3.63) is 80.7 Å². The molecule has 1 aliphatic rings. The molecule has 34 heavy (non-hydrogen) atoms. The second-order valence-corrected chi connectivity index (χ2v) is 9.99. The fraction of sp³-hybridized carbons (Fsp3) is 0.190. The first-order valence-electron chi connectivity index (χ1n) is 9.91. The Labute approximate surface area is 204 Å². The molecule has 1 saturated heterocycles. The van der Waals surface area contributed by atoms with Gasteiger partial charge in [0, 0.05) is 49.4 Å². The minimum absolute atomic E-state index is 0.0190. The Morgan fingerprint density at radius 2 is 1.76 bits per heavy atom. The number of sulfonamides is 1. The van der Waals surface area contributed by atoms with Gasteiger partial charge in [-0.3, -0.25) is 14.9 Å². The SMILES string of the molecule is O=C(c1ccco1)N1CCN(S(=O)(=O)c2cc([N+](=O)[O-])ccc2Oc2cc(Cl)ccc2Cl)CC1. The minimum atomic E-state index is -4.23. The van der Waals surface area contributed by atoms with Gasteiger partial charge in [0.15, 0.2) is 5.76 Å². The number of furan rings is 1. The predicted molar refractivity (Wildman–Crippen MR) is 123 cm³/mol. The van der Waals surface area contributed by atoms with E-state index in [0.717, 1.165) is 16.4 Å². The van der Waals surface area contributed by atoms with Crippen LogP contribution in [0.3, 0.4) is 0 Å². The lowest BCUT2D eigenvalue weighted by Crippen LogP contribution is -2.50. The lowest BCUT2D eigenvalue weighted by Gasteiger charge is -2.33. The van der Waals surface area contributed by atoms with E-state index >= 15 is 0 Å². The normalized spacial score (nSPS) is 14.7. The number of rotatable bonds is 6. The van der Waals surface area contributed by atoms with Crippen molar-refractivity contribution in [1.82, 2.24) is 9.21 Å². The number of nitro benzene ring substituents is 1. The zero-order valence-electron chi connectivity index (χ0n) is 17.4. The van der Waals surface area contributed by atoms with Crippen LogP contribution in [0.15, 0.2) is 64.1 Å². The van der Waals surface area contributed by atoms with Gasteiger partial charge in [0.25, 0.3) is 11.6 Å². The first-order valence-corrected chi connectivity index (χ1v) is 12.1. The van der Waals surface area contributed by atoms with Crippen LogP contribution >= 0.6 is 23.2 Å². The summed E-state index contributed by atoms with van der Waals surface area (Å²) in [5.41, 5.74) is -0.422. The van der Waals surface area contributed by atoms with Gasteiger partial charge >= 0.3 is 0 Å². The Morgan fingerprint density at radius 1 is 1.03 bits per heavy atom. The number of amides is 1. The van der Waals surface area contributed by atoms with Crippen LogP contribution in [0.25, 0.3) is 0 Å². The third kappa shape index (κ3) is 4.87. The third-order valence-corrected chi connectivity index (χ3v) is 7.59. The van der Waals surface area contributed by atoms with Crippen molar-refractivity contribution in [2.24, 2.45) is 0 Å². The maximum atomic E-state index is 13.5. The average Bonchev–Trinajstić information content (AvgIpc) is 3.36. The molecule has 0 radical (unpaired) electrons. The summed E-state index contributed by atoms with van der Waals surface area (Å²) in [6, 6.07) is 10.8. The molecule has 1 aromatic heterocycles. The molecule has 0 bridgehead atoms. The highest BCUT2D eigenvalue weighted by Crippen LogP contribution is 2.37. The van der Waals surface area contributed by atoms with E-state index in [-0.39, 0.29) is 54.4 Å². The Morgan fingerprint density at radius 3 is 2.41 bits per heavy atom. The highest BCUT2D eigenvalue weighted by Gasteiger charge is 2.34. The van der Waals surface area contributed by atoms with Crippen molar-refractivity contribution in [2.75, 3.05) is 26.2 Å². The maximum absolute atomic E-state index is 13.5. The summed E-state index contributed by atoms with van der Waals surface area (Å²) in [6.07, 6.45) is 1.38. The van der Waals surface area contributed by atoms with Crippen LogP contribution in [0.4, 0.5) is 5.69 Å². The molecule has 0 aliphatic carbocycles. The first-order chi connectivity index (χ1) is 16.2. The standard InChI is InChI=1S/C21H17Cl2N3O7S/c22-14-3-5-16(23)19(12-14)33-17-6-4-15(26(28)29)13-20(17)34(30,31)25-9-7-24(8-10-25)21(27)18-2-1-11-32-18/h1-6,11-13H,7-10H2. The first kappa shape index (κ1) is 24.0. The van der Waals surface area contributed by atoms with Crippen LogP contribution in [0, 0.1) is 10.1 Å². The molecule has 13 heteroatoms. The molecule has 0 atom stereocenters. The van der Waals surface area contributed by atoms with Crippen molar-refractivity contribution in [2.45, 2.75) is 4.90 Å². The monoisotopic (exact) mass is 525 g/mol. The number of hydrogen-bond acceptors (Lipinski definition) is 7. The van der Waals surface area contributed by atoms with Crippen molar-refractivity contribution in [1.29, 1.82) is 0 Å². The Hall–Kier alpha value is -3.12. The summed E-state index contributed by atoms with van der Waals surface area (Å²) in [6.45, 7) is 0.192. The molecule has 4 rings (SSSR count). The number of benzene rings is 2. The lowest BCUT2D eigenvalue weighted by molar-refractivity contribution is -0.385. The highest BCUT2D eigenvalue weighted by molar-refractivity contribution is 7.89.